The fourth-order valence-corrected chi connectivity index (χ4v) is 8.90. The number of phenolic OH excluding ortho intramolecular Hbond substituents is 1. The van der Waals surface area contributed by atoms with Gasteiger partial charge in [0, 0.05) is 47.9 Å². The maximum Gasteiger partial charge on any atom is 0.225 e. The summed E-state index contributed by atoms with van der Waals surface area (Å²) in [6.45, 7) is 3.39. The number of anilines is 1. The van der Waals surface area contributed by atoms with Gasteiger partial charge in [-0.1, -0.05) is 6.07 Å². The molecule has 7 aliphatic rings. The fraction of sp³-hybridized carbons (Fsp3) is 0.615. The third-order valence-corrected chi connectivity index (χ3v) is 10.5. The molecule has 4 bridgehead atoms. The van der Waals surface area contributed by atoms with Crippen molar-refractivity contribution in [3.8, 4) is 11.5 Å². The Morgan fingerprint density at radius 1 is 1.09 bits per heavy atom. The van der Waals surface area contributed by atoms with E-state index in [4.69, 9.17) is 14.7 Å². The number of benzene rings is 1. The standard InChI is InChI=1S/C26H29BrN4O2/c27-17-12-28-24(29-13-17)31-10-7-25-6-5-18(31)23-26(25)8-9-30(14-15-1-2-15)20(25)11-16-3-4-19(32)22(33-23)21(16)26/h3-4,12-13,15,18,20,23,32H,1-2,5-11,14H2/t18-,20-,23+,25-,26+/m1/s1. The average molecular weight is 509 g/mol. The minimum Gasteiger partial charge on any atom is -0.504 e. The van der Waals surface area contributed by atoms with Crippen LogP contribution in [0, 0.1) is 11.3 Å². The van der Waals surface area contributed by atoms with E-state index >= 15 is 0 Å². The van der Waals surface area contributed by atoms with Gasteiger partial charge in [-0.3, -0.25) is 4.90 Å². The van der Waals surface area contributed by atoms with Gasteiger partial charge in [-0.15, -0.1) is 0 Å². The number of piperidine rings is 1. The highest BCUT2D eigenvalue weighted by molar-refractivity contribution is 9.10. The van der Waals surface area contributed by atoms with E-state index in [0.717, 1.165) is 60.9 Å². The van der Waals surface area contributed by atoms with Gasteiger partial charge in [0.1, 0.15) is 6.10 Å². The van der Waals surface area contributed by atoms with Gasteiger partial charge < -0.3 is 14.7 Å². The van der Waals surface area contributed by atoms with E-state index in [-0.39, 0.29) is 23.0 Å². The molecule has 0 amide bonds. The van der Waals surface area contributed by atoms with Gasteiger partial charge in [-0.05, 0) is 85.0 Å². The molecule has 1 N–H and O–H groups in total. The molecule has 1 aromatic heterocycles. The van der Waals surface area contributed by atoms with Gasteiger partial charge in [-0.25, -0.2) is 9.97 Å². The summed E-state index contributed by atoms with van der Waals surface area (Å²) in [4.78, 5) is 14.7. The largest absolute Gasteiger partial charge is 0.504 e. The van der Waals surface area contributed by atoms with Crippen molar-refractivity contribution in [2.24, 2.45) is 11.3 Å². The molecule has 7 heteroatoms. The number of hydrogen-bond acceptors (Lipinski definition) is 6. The Hall–Kier alpha value is -1.86. The zero-order valence-corrected chi connectivity index (χ0v) is 20.3. The first-order valence-corrected chi connectivity index (χ1v) is 13.4. The number of ether oxygens (including phenoxy) is 1. The normalized spacial score (nSPS) is 38.1. The summed E-state index contributed by atoms with van der Waals surface area (Å²) in [5.74, 6) is 2.80. The smallest absolute Gasteiger partial charge is 0.225 e. The van der Waals surface area contributed by atoms with Crippen molar-refractivity contribution >= 4 is 21.9 Å². The summed E-state index contributed by atoms with van der Waals surface area (Å²) >= 11 is 3.49. The molecule has 9 rings (SSSR count). The summed E-state index contributed by atoms with van der Waals surface area (Å²) in [6, 6.07) is 4.85. The number of aromatic hydroxyl groups is 1. The molecule has 5 atom stereocenters. The topological polar surface area (TPSA) is 61.7 Å². The summed E-state index contributed by atoms with van der Waals surface area (Å²) < 4.78 is 7.75. The van der Waals surface area contributed by atoms with E-state index in [1.165, 1.54) is 36.9 Å². The fourth-order valence-electron chi connectivity index (χ4n) is 8.69. The second-order valence-electron chi connectivity index (χ2n) is 11.3. The zero-order valence-electron chi connectivity index (χ0n) is 18.7. The van der Waals surface area contributed by atoms with Crippen molar-refractivity contribution in [3.05, 3.63) is 40.1 Å². The Kier molecular flexibility index (Phi) is 3.78. The summed E-state index contributed by atoms with van der Waals surface area (Å²) in [5, 5.41) is 10.9. The van der Waals surface area contributed by atoms with Crippen molar-refractivity contribution in [3.63, 3.8) is 0 Å². The Balaban J connectivity index is 1.32. The highest BCUT2D eigenvalue weighted by Gasteiger charge is 2.74. The van der Waals surface area contributed by atoms with Crippen LogP contribution in [0.2, 0.25) is 0 Å². The van der Waals surface area contributed by atoms with E-state index in [9.17, 15) is 5.11 Å². The predicted octanol–water partition coefficient (Wildman–Crippen LogP) is 4.04. The van der Waals surface area contributed by atoms with Crippen LogP contribution in [-0.2, 0) is 11.8 Å². The summed E-state index contributed by atoms with van der Waals surface area (Å²) in [5.41, 5.74) is 2.96. The molecule has 2 spiro atoms. The second-order valence-corrected chi connectivity index (χ2v) is 12.2. The average Bonchev–Trinajstić information content (AvgIpc) is 3.61. The van der Waals surface area contributed by atoms with Crippen molar-refractivity contribution in [1.82, 2.24) is 14.9 Å². The quantitative estimate of drug-likeness (QED) is 0.674. The first-order valence-electron chi connectivity index (χ1n) is 12.6. The lowest BCUT2D eigenvalue weighted by Gasteiger charge is -2.66. The molecular weight excluding hydrogens is 480 g/mol. The molecule has 0 radical (unpaired) electrons. The highest BCUT2D eigenvalue weighted by Crippen LogP contribution is 2.71. The monoisotopic (exact) mass is 508 g/mol. The van der Waals surface area contributed by atoms with Crippen LogP contribution < -0.4 is 9.64 Å². The second kappa shape index (κ2) is 6.42. The number of phenols is 1. The molecule has 5 heterocycles. The van der Waals surface area contributed by atoms with Gasteiger partial charge in [0.2, 0.25) is 5.95 Å². The third-order valence-electron chi connectivity index (χ3n) is 10.1. The highest BCUT2D eigenvalue weighted by atomic mass is 79.9. The molecule has 6 nitrogen and oxygen atoms in total. The Labute approximate surface area is 202 Å². The van der Waals surface area contributed by atoms with Gasteiger partial charge in [-0.2, -0.15) is 0 Å². The first-order chi connectivity index (χ1) is 16.1. The van der Waals surface area contributed by atoms with E-state index in [1.807, 2.05) is 18.5 Å². The van der Waals surface area contributed by atoms with Crippen molar-refractivity contribution in [2.75, 3.05) is 24.5 Å². The number of nitrogens with zero attached hydrogens (tertiary/aromatic N) is 4. The van der Waals surface area contributed by atoms with Gasteiger partial charge >= 0.3 is 0 Å². The maximum atomic E-state index is 10.9. The van der Waals surface area contributed by atoms with E-state index in [2.05, 4.69) is 31.8 Å². The van der Waals surface area contributed by atoms with E-state index in [1.54, 1.807) is 0 Å². The van der Waals surface area contributed by atoms with Crippen LogP contribution in [-0.4, -0.2) is 57.8 Å². The maximum absolute atomic E-state index is 10.9. The van der Waals surface area contributed by atoms with Crippen LogP contribution in [0.1, 0.15) is 49.7 Å². The lowest BCUT2D eigenvalue weighted by atomic mass is 9.42. The Morgan fingerprint density at radius 3 is 2.76 bits per heavy atom. The lowest BCUT2D eigenvalue weighted by molar-refractivity contribution is -0.124. The molecule has 4 aliphatic heterocycles. The van der Waals surface area contributed by atoms with Gasteiger partial charge in [0.25, 0.3) is 0 Å². The van der Waals surface area contributed by atoms with Crippen molar-refractivity contribution < 1.29 is 9.84 Å². The van der Waals surface area contributed by atoms with Crippen LogP contribution >= 0.6 is 15.9 Å². The van der Waals surface area contributed by atoms with Crippen LogP contribution in [0.4, 0.5) is 5.95 Å². The first kappa shape index (κ1) is 19.4. The molecule has 5 fully saturated rings. The van der Waals surface area contributed by atoms with Gasteiger partial charge in [0.15, 0.2) is 11.5 Å². The zero-order chi connectivity index (χ0) is 21.9. The van der Waals surface area contributed by atoms with E-state index in [0.29, 0.717) is 11.8 Å². The SMILES string of the molecule is Oc1ccc2c3c1O[C@H]1[C@H]4CC[C@@]5(CCN4c4ncc(Br)cn4)[C@@H](C2)N(CC2CC2)CC[C@]315. The number of halogens is 1. The molecule has 172 valence electrons. The lowest BCUT2D eigenvalue weighted by Crippen LogP contribution is -2.72. The molecule has 2 saturated carbocycles. The van der Waals surface area contributed by atoms with Crippen LogP contribution in [0.15, 0.2) is 29.0 Å². The predicted molar refractivity (Wildman–Crippen MR) is 128 cm³/mol. The Morgan fingerprint density at radius 2 is 1.94 bits per heavy atom. The number of likely N-dealkylation sites (tertiary alicyclic amines) is 1. The van der Waals surface area contributed by atoms with Crippen molar-refractivity contribution in [1.29, 1.82) is 0 Å². The summed E-state index contributed by atoms with van der Waals surface area (Å²) in [7, 11) is 0. The number of rotatable bonds is 3. The molecule has 3 aliphatic carbocycles. The van der Waals surface area contributed by atoms with Crippen LogP contribution in [0.5, 0.6) is 11.5 Å². The minimum atomic E-state index is -0.00754. The van der Waals surface area contributed by atoms with Gasteiger partial charge in [0.05, 0.1) is 10.5 Å². The minimum absolute atomic E-state index is 0.00754. The molecular formula is C26H29BrN4O2. The summed E-state index contributed by atoms with van der Waals surface area (Å²) in [6.07, 6.45) is 12.3. The van der Waals surface area contributed by atoms with E-state index < -0.39 is 0 Å². The number of fused-ring (bicyclic) bond motifs is 3. The Bertz CT molecular complexity index is 1150. The number of hydrogen-bond donors (Lipinski definition) is 1. The third kappa shape index (κ3) is 2.33. The van der Waals surface area contributed by atoms with Crippen LogP contribution in [0.3, 0.4) is 0 Å². The molecule has 1 aromatic carbocycles. The number of aromatic nitrogens is 2. The molecule has 33 heavy (non-hydrogen) atoms. The molecule has 0 unspecified atom stereocenters. The van der Waals surface area contributed by atoms with Crippen LogP contribution in [0.25, 0.3) is 0 Å². The molecule has 3 saturated heterocycles. The van der Waals surface area contributed by atoms with Crippen molar-refractivity contribution in [2.45, 2.75) is 68.5 Å². The molecule has 2 aromatic rings.